The highest BCUT2D eigenvalue weighted by Crippen LogP contribution is 2.48. The van der Waals surface area contributed by atoms with Gasteiger partial charge in [0.2, 0.25) is 11.5 Å². The molecule has 6 nitrogen and oxygen atoms in total. The van der Waals surface area contributed by atoms with Gasteiger partial charge in [-0.25, -0.2) is 0 Å². The third kappa shape index (κ3) is 6.24. The van der Waals surface area contributed by atoms with E-state index in [1.54, 1.807) is 5.32 Å². The minimum absolute atomic E-state index is 0.0487. The van der Waals surface area contributed by atoms with Gasteiger partial charge in [0.15, 0.2) is 0 Å². The summed E-state index contributed by atoms with van der Waals surface area (Å²) >= 11 is 0. The van der Waals surface area contributed by atoms with Gasteiger partial charge in [-0.05, 0) is 35.0 Å². The van der Waals surface area contributed by atoms with Crippen molar-refractivity contribution in [1.82, 2.24) is 16.1 Å². The van der Waals surface area contributed by atoms with Gasteiger partial charge in [0, 0.05) is 16.7 Å². The number of hydrogen-bond donors (Lipinski definition) is 3. The van der Waals surface area contributed by atoms with Gasteiger partial charge in [-0.2, -0.15) is 39.5 Å². The average Bonchev–Trinajstić information content (AvgIpc) is 3.36. The van der Waals surface area contributed by atoms with E-state index in [0.717, 1.165) is 12.1 Å². The third-order valence-electron chi connectivity index (χ3n) is 6.06. The van der Waals surface area contributed by atoms with Crippen LogP contribution >= 0.6 is 0 Å². The molecule has 1 heterocycles. The van der Waals surface area contributed by atoms with Gasteiger partial charge in [0.1, 0.15) is 6.54 Å². The molecule has 41 heavy (non-hydrogen) atoms. The second-order valence-electron chi connectivity index (χ2n) is 8.85. The number of amides is 2. The Balaban J connectivity index is 1.69. The molecule has 1 aliphatic rings. The monoisotopic (exact) mass is 591 g/mol. The summed E-state index contributed by atoms with van der Waals surface area (Å²) in [7, 11) is 0. The molecule has 0 aromatic heterocycles. The molecule has 0 radical (unpaired) electrons. The highest BCUT2D eigenvalue weighted by atomic mass is 19.4. The summed E-state index contributed by atoms with van der Waals surface area (Å²) < 4.78 is 119. The Labute approximate surface area is 225 Å². The largest absolute Gasteiger partial charge is 0.428 e. The Kier molecular flexibility index (Phi) is 7.69. The second kappa shape index (κ2) is 10.6. The summed E-state index contributed by atoms with van der Waals surface area (Å²) in [6.07, 6.45) is -14.2. The number of benzene rings is 3. The van der Waals surface area contributed by atoms with Crippen molar-refractivity contribution >= 4 is 28.3 Å². The number of halogens is 9. The molecule has 218 valence electrons. The minimum atomic E-state index is -5.20. The van der Waals surface area contributed by atoms with Crippen molar-refractivity contribution in [1.29, 1.82) is 0 Å². The molecule has 0 aliphatic carbocycles. The first-order valence-corrected chi connectivity index (χ1v) is 11.6. The summed E-state index contributed by atoms with van der Waals surface area (Å²) in [6.45, 7) is -2.37. The van der Waals surface area contributed by atoms with Crippen molar-refractivity contribution in [3.8, 4) is 0 Å². The molecule has 4 rings (SSSR count). The van der Waals surface area contributed by atoms with E-state index in [4.69, 9.17) is 4.84 Å². The van der Waals surface area contributed by atoms with Crippen LogP contribution in [0.5, 0.6) is 0 Å². The topological polar surface area (TPSA) is 79.5 Å². The Bertz CT molecular complexity index is 1510. The average molecular weight is 591 g/mol. The molecular weight excluding hydrogens is 573 g/mol. The van der Waals surface area contributed by atoms with Crippen LogP contribution in [-0.2, 0) is 21.4 Å². The zero-order chi connectivity index (χ0) is 30.2. The van der Waals surface area contributed by atoms with E-state index >= 15 is 0 Å². The highest BCUT2D eigenvalue weighted by Gasteiger charge is 2.60. The van der Waals surface area contributed by atoms with Crippen LogP contribution < -0.4 is 16.1 Å². The summed E-state index contributed by atoms with van der Waals surface area (Å²) in [6, 6.07) is 11.0. The van der Waals surface area contributed by atoms with E-state index in [1.165, 1.54) is 36.4 Å². The lowest BCUT2D eigenvalue weighted by Gasteiger charge is -2.29. The van der Waals surface area contributed by atoms with E-state index in [2.05, 4.69) is 10.8 Å². The fourth-order valence-electron chi connectivity index (χ4n) is 4.15. The number of hydroxylamine groups is 1. The van der Waals surface area contributed by atoms with Crippen LogP contribution in [0.25, 0.3) is 16.5 Å². The lowest BCUT2D eigenvalue weighted by molar-refractivity contribution is -0.269. The molecule has 2 amide bonds. The zero-order valence-electron chi connectivity index (χ0n) is 20.4. The Morgan fingerprint density at radius 3 is 2.15 bits per heavy atom. The van der Waals surface area contributed by atoms with Crippen LogP contribution in [0.1, 0.15) is 27.0 Å². The maximum absolute atomic E-state index is 14.3. The van der Waals surface area contributed by atoms with E-state index in [-0.39, 0.29) is 27.6 Å². The minimum Gasteiger partial charge on any atom is -0.345 e. The van der Waals surface area contributed by atoms with Crippen LogP contribution in [0.15, 0.2) is 66.7 Å². The molecule has 1 aliphatic heterocycles. The number of alkyl halides is 9. The lowest BCUT2D eigenvalue weighted by atomic mass is 9.89. The third-order valence-corrected chi connectivity index (χ3v) is 6.06. The number of fused-ring (bicyclic) bond motifs is 1. The molecule has 1 atom stereocenters. The van der Waals surface area contributed by atoms with Gasteiger partial charge in [0.25, 0.3) is 5.91 Å². The Morgan fingerprint density at radius 1 is 0.829 bits per heavy atom. The zero-order valence-corrected chi connectivity index (χ0v) is 20.4. The number of nitrogens with one attached hydrogen (secondary N) is 3. The molecule has 0 saturated heterocycles. The standard InChI is InChI=1S/C26H18F9N3O3/c27-24(28,29)13-37-21(39)12-36-22(40)19-9-8-18(16-6-1-2-7-17(16)19)20-11-23(41-38-20,26(33,34)35)14-4-3-5-15(10-14)25(30,31)32/h1-11,38H,12-13H2,(H,36,40)(H,37,39). The molecule has 15 heteroatoms. The molecule has 3 aromatic rings. The Hall–Kier alpha value is -4.27. The van der Waals surface area contributed by atoms with E-state index in [0.29, 0.717) is 18.2 Å². The first kappa shape index (κ1) is 29.7. The summed E-state index contributed by atoms with van der Waals surface area (Å²) in [4.78, 5) is 29.3. The number of carbonyl (C=O) groups is 2. The SMILES string of the molecule is O=C(CNC(=O)c1ccc(C2=CC(c3cccc(C(F)(F)F)c3)(C(F)(F)F)ON2)c2ccccc12)NCC(F)(F)F. The van der Waals surface area contributed by atoms with Gasteiger partial charge in [-0.1, -0.05) is 42.5 Å². The number of rotatable bonds is 6. The molecule has 1 unspecified atom stereocenters. The molecule has 3 N–H and O–H groups in total. The van der Waals surface area contributed by atoms with Crippen LogP contribution in [0.2, 0.25) is 0 Å². The maximum Gasteiger partial charge on any atom is 0.428 e. The van der Waals surface area contributed by atoms with E-state index < -0.39 is 60.2 Å². The highest BCUT2D eigenvalue weighted by molar-refractivity contribution is 6.10. The molecule has 0 bridgehead atoms. The first-order chi connectivity index (χ1) is 19.0. The van der Waals surface area contributed by atoms with Gasteiger partial charge in [-0.15, -0.1) is 0 Å². The molecule has 0 fully saturated rings. The van der Waals surface area contributed by atoms with Gasteiger partial charge in [0.05, 0.1) is 17.8 Å². The normalized spacial score (nSPS) is 17.6. The van der Waals surface area contributed by atoms with Crippen molar-refractivity contribution in [2.75, 3.05) is 13.1 Å². The Morgan fingerprint density at radius 2 is 1.51 bits per heavy atom. The van der Waals surface area contributed by atoms with Crippen molar-refractivity contribution in [3.05, 3.63) is 89.0 Å². The van der Waals surface area contributed by atoms with Crippen molar-refractivity contribution in [2.45, 2.75) is 24.1 Å². The van der Waals surface area contributed by atoms with Crippen molar-refractivity contribution < 1.29 is 53.9 Å². The second-order valence-corrected chi connectivity index (χ2v) is 8.85. The fraction of sp³-hybridized carbons (Fsp3) is 0.231. The molecule has 0 spiro atoms. The summed E-state index contributed by atoms with van der Waals surface area (Å²) in [5.41, 5.74) is -3.48. The van der Waals surface area contributed by atoms with Gasteiger partial charge < -0.3 is 10.6 Å². The van der Waals surface area contributed by atoms with Crippen molar-refractivity contribution in [2.24, 2.45) is 0 Å². The van der Waals surface area contributed by atoms with E-state index in [1.807, 2.05) is 0 Å². The van der Waals surface area contributed by atoms with Crippen LogP contribution in [0.3, 0.4) is 0 Å². The predicted molar refractivity (Wildman–Crippen MR) is 127 cm³/mol. The number of carbonyl (C=O) groups excluding carboxylic acids is 2. The molecule has 0 saturated carbocycles. The van der Waals surface area contributed by atoms with Crippen molar-refractivity contribution in [3.63, 3.8) is 0 Å². The van der Waals surface area contributed by atoms with Gasteiger partial charge >= 0.3 is 18.5 Å². The maximum atomic E-state index is 14.3. The molecular formula is C26H18F9N3O3. The van der Waals surface area contributed by atoms with Crippen LogP contribution in [0.4, 0.5) is 39.5 Å². The number of hydrogen-bond acceptors (Lipinski definition) is 4. The fourth-order valence-corrected chi connectivity index (χ4v) is 4.15. The van der Waals surface area contributed by atoms with Crippen LogP contribution in [0, 0.1) is 0 Å². The lowest BCUT2D eigenvalue weighted by Crippen LogP contribution is -2.42. The predicted octanol–water partition coefficient (Wildman–Crippen LogP) is 5.60. The van der Waals surface area contributed by atoms with Crippen LogP contribution in [-0.4, -0.2) is 37.3 Å². The van der Waals surface area contributed by atoms with Gasteiger partial charge in [-0.3, -0.25) is 19.9 Å². The summed E-state index contributed by atoms with van der Waals surface area (Å²) in [5, 5.41) is 4.20. The molecule has 3 aromatic carbocycles. The van der Waals surface area contributed by atoms with E-state index in [9.17, 15) is 49.1 Å². The smallest absolute Gasteiger partial charge is 0.345 e. The quantitative estimate of drug-likeness (QED) is 0.326. The summed E-state index contributed by atoms with van der Waals surface area (Å²) in [5.74, 6) is -1.96. The first-order valence-electron chi connectivity index (χ1n) is 11.6.